The molecule has 0 saturated heterocycles. The average molecular weight is 475 g/mol. The van der Waals surface area contributed by atoms with Gasteiger partial charge in [0.05, 0.1) is 13.3 Å². The molecule has 2 aromatic carbocycles. The molecule has 0 aliphatic carbocycles. The summed E-state index contributed by atoms with van der Waals surface area (Å²) in [5, 5.41) is 4.66. The van der Waals surface area contributed by atoms with Gasteiger partial charge in [0.2, 0.25) is 0 Å². The van der Waals surface area contributed by atoms with E-state index in [1.54, 1.807) is 43.6 Å². The molecule has 3 aromatic rings. The molecule has 0 fully saturated rings. The summed E-state index contributed by atoms with van der Waals surface area (Å²) >= 11 is 9.39. The second kappa shape index (κ2) is 10.0. The number of carbonyl (C=O) groups is 1. The number of methoxy groups -OCH3 is 1. The molecule has 8 heteroatoms. The Kier molecular flexibility index (Phi) is 7.21. The van der Waals surface area contributed by atoms with Gasteiger partial charge >= 0.3 is 0 Å². The molecule has 0 aliphatic rings. The van der Waals surface area contributed by atoms with Crippen LogP contribution in [-0.4, -0.2) is 24.2 Å². The Morgan fingerprint density at radius 3 is 2.69 bits per heavy atom. The van der Waals surface area contributed by atoms with Crippen LogP contribution in [0.5, 0.6) is 11.5 Å². The molecule has 29 heavy (non-hydrogen) atoms. The molecule has 0 aliphatic heterocycles. The Morgan fingerprint density at radius 1 is 1.21 bits per heavy atom. The fraction of sp³-hybridized carbons (Fsp3) is 0.0952. The maximum absolute atomic E-state index is 12.0. The highest BCUT2D eigenvalue weighted by Gasteiger charge is 2.10. The van der Waals surface area contributed by atoms with Gasteiger partial charge in [0.1, 0.15) is 12.3 Å². The maximum atomic E-state index is 12.0. The van der Waals surface area contributed by atoms with Gasteiger partial charge in [0, 0.05) is 21.3 Å². The molecule has 1 amide bonds. The number of halogens is 2. The molecule has 0 bridgehead atoms. The molecule has 0 spiro atoms. The molecule has 0 unspecified atom stereocenters. The highest BCUT2D eigenvalue weighted by atomic mass is 79.9. The molecular formula is C21H17BrClN3O3. The minimum absolute atomic E-state index is 0.284. The smallest absolute Gasteiger partial charge is 0.289 e. The highest BCUT2D eigenvalue weighted by molar-refractivity contribution is 9.10. The molecule has 1 N–H and O–H groups in total. The number of hydrazone groups is 1. The zero-order valence-corrected chi connectivity index (χ0v) is 17.8. The van der Waals surface area contributed by atoms with Crippen molar-refractivity contribution in [2.24, 2.45) is 5.10 Å². The van der Waals surface area contributed by atoms with Crippen LogP contribution >= 0.6 is 27.5 Å². The SMILES string of the molecule is COc1cc(/C=N/NC(=O)c2ccccn2)c(Br)cc1OCc1ccc(Cl)cc1. The lowest BCUT2D eigenvalue weighted by Crippen LogP contribution is -2.18. The van der Waals surface area contributed by atoms with Crippen molar-refractivity contribution >= 4 is 39.7 Å². The van der Waals surface area contributed by atoms with Crippen LogP contribution in [-0.2, 0) is 6.61 Å². The first-order chi connectivity index (χ1) is 14.1. The van der Waals surface area contributed by atoms with Crippen LogP contribution in [0.25, 0.3) is 0 Å². The highest BCUT2D eigenvalue weighted by Crippen LogP contribution is 2.33. The molecule has 148 valence electrons. The third kappa shape index (κ3) is 5.79. The lowest BCUT2D eigenvalue weighted by atomic mass is 10.2. The van der Waals surface area contributed by atoms with E-state index in [1.807, 2.05) is 24.3 Å². The van der Waals surface area contributed by atoms with E-state index in [9.17, 15) is 4.79 Å². The number of hydrogen-bond acceptors (Lipinski definition) is 5. The van der Waals surface area contributed by atoms with E-state index in [0.717, 1.165) is 10.0 Å². The topological polar surface area (TPSA) is 72.8 Å². The van der Waals surface area contributed by atoms with E-state index >= 15 is 0 Å². The normalized spacial score (nSPS) is 10.7. The summed E-state index contributed by atoms with van der Waals surface area (Å²) in [5.41, 5.74) is 4.42. The number of pyridine rings is 1. The van der Waals surface area contributed by atoms with Crippen molar-refractivity contribution in [1.82, 2.24) is 10.4 Å². The molecule has 1 aromatic heterocycles. The third-order valence-corrected chi connectivity index (χ3v) is 4.80. The summed E-state index contributed by atoms with van der Waals surface area (Å²) in [7, 11) is 1.56. The first-order valence-corrected chi connectivity index (χ1v) is 9.73. The van der Waals surface area contributed by atoms with E-state index in [0.29, 0.717) is 28.7 Å². The second-order valence-corrected chi connectivity index (χ2v) is 7.14. The summed E-state index contributed by atoms with van der Waals surface area (Å²) in [4.78, 5) is 16.0. The number of nitrogens with one attached hydrogen (secondary N) is 1. The molecule has 0 radical (unpaired) electrons. The van der Waals surface area contributed by atoms with Crippen molar-refractivity contribution < 1.29 is 14.3 Å². The average Bonchev–Trinajstić information content (AvgIpc) is 2.75. The number of amides is 1. The minimum Gasteiger partial charge on any atom is -0.493 e. The van der Waals surface area contributed by atoms with Gasteiger partial charge < -0.3 is 9.47 Å². The van der Waals surface area contributed by atoms with Gasteiger partial charge in [-0.1, -0.05) is 29.8 Å². The largest absolute Gasteiger partial charge is 0.493 e. The first-order valence-electron chi connectivity index (χ1n) is 8.56. The summed E-state index contributed by atoms with van der Waals surface area (Å²) in [6.45, 7) is 0.369. The third-order valence-electron chi connectivity index (χ3n) is 3.86. The summed E-state index contributed by atoms with van der Waals surface area (Å²) in [5.74, 6) is 0.719. The Morgan fingerprint density at radius 2 is 2.00 bits per heavy atom. The van der Waals surface area contributed by atoms with Crippen molar-refractivity contribution in [3.8, 4) is 11.5 Å². The van der Waals surface area contributed by atoms with Crippen LogP contribution in [0.4, 0.5) is 0 Å². The zero-order chi connectivity index (χ0) is 20.6. The van der Waals surface area contributed by atoms with Crippen molar-refractivity contribution in [3.63, 3.8) is 0 Å². The van der Waals surface area contributed by atoms with Crippen LogP contribution in [0.3, 0.4) is 0 Å². The van der Waals surface area contributed by atoms with E-state index in [1.165, 1.54) is 6.21 Å². The van der Waals surface area contributed by atoms with Gasteiger partial charge in [0.15, 0.2) is 11.5 Å². The van der Waals surface area contributed by atoms with Crippen LogP contribution in [0.15, 0.2) is 70.4 Å². The van der Waals surface area contributed by atoms with Gasteiger partial charge in [-0.3, -0.25) is 9.78 Å². The van der Waals surface area contributed by atoms with Gasteiger partial charge in [-0.05, 0) is 57.9 Å². The van der Waals surface area contributed by atoms with Gasteiger partial charge in [-0.15, -0.1) is 0 Å². The van der Waals surface area contributed by atoms with Crippen molar-refractivity contribution in [2.45, 2.75) is 6.61 Å². The van der Waals surface area contributed by atoms with Crippen molar-refractivity contribution in [1.29, 1.82) is 0 Å². The number of nitrogens with zero attached hydrogens (tertiary/aromatic N) is 2. The van der Waals surface area contributed by atoms with Gasteiger partial charge in [0.25, 0.3) is 5.91 Å². The van der Waals surface area contributed by atoms with Crippen molar-refractivity contribution in [3.05, 3.63) is 87.1 Å². The van der Waals surface area contributed by atoms with E-state index in [4.69, 9.17) is 21.1 Å². The van der Waals surface area contributed by atoms with Crippen LogP contribution in [0, 0.1) is 0 Å². The number of hydrogen-bond donors (Lipinski definition) is 1. The fourth-order valence-electron chi connectivity index (χ4n) is 2.38. The Labute approximate surface area is 181 Å². The van der Waals surface area contributed by atoms with E-state index in [2.05, 4.69) is 31.4 Å². The number of carbonyl (C=O) groups excluding carboxylic acids is 1. The minimum atomic E-state index is -0.396. The van der Waals surface area contributed by atoms with Gasteiger partial charge in [-0.25, -0.2) is 5.43 Å². The molecule has 0 saturated carbocycles. The van der Waals surface area contributed by atoms with E-state index in [-0.39, 0.29) is 5.69 Å². The Balaban J connectivity index is 1.68. The number of aromatic nitrogens is 1. The first kappa shape index (κ1) is 20.8. The van der Waals surface area contributed by atoms with Crippen molar-refractivity contribution in [2.75, 3.05) is 7.11 Å². The lowest BCUT2D eigenvalue weighted by molar-refractivity contribution is 0.0950. The fourth-order valence-corrected chi connectivity index (χ4v) is 2.93. The predicted molar refractivity (Wildman–Crippen MR) is 116 cm³/mol. The molecule has 6 nitrogen and oxygen atoms in total. The molecule has 3 rings (SSSR count). The van der Waals surface area contributed by atoms with Gasteiger partial charge in [-0.2, -0.15) is 5.10 Å². The number of benzene rings is 2. The van der Waals surface area contributed by atoms with Crippen LogP contribution < -0.4 is 14.9 Å². The quantitative estimate of drug-likeness (QED) is 0.392. The summed E-state index contributed by atoms with van der Waals surface area (Å²) in [6.07, 6.45) is 3.05. The summed E-state index contributed by atoms with van der Waals surface area (Å²) < 4.78 is 12.0. The number of ether oxygens (including phenoxy) is 2. The second-order valence-electron chi connectivity index (χ2n) is 5.85. The zero-order valence-electron chi connectivity index (χ0n) is 15.4. The van der Waals surface area contributed by atoms with E-state index < -0.39 is 5.91 Å². The monoisotopic (exact) mass is 473 g/mol. The van der Waals surface area contributed by atoms with Crippen LogP contribution in [0.1, 0.15) is 21.6 Å². The molecule has 1 heterocycles. The maximum Gasteiger partial charge on any atom is 0.289 e. The van der Waals surface area contributed by atoms with Crippen LogP contribution in [0.2, 0.25) is 5.02 Å². The Hall–Kier alpha value is -2.90. The lowest BCUT2D eigenvalue weighted by Gasteiger charge is -2.13. The summed E-state index contributed by atoms with van der Waals surface area (Å²) in [6, 6.07) is 16.0. The molecule has 0 atom stereocenters. The predicted octanol–water partition coefficient (Wildman–Crippen LogP) is 4.85. The number of rotatable bonds is 7. The standard InChI is InChI=1S/C21H17BrClN3O3/c1-28-19-10-15(12-25-26-21(27)18-4-2-3-9-24-18)17(22)11-20(19)29-13-14-5-7-16(23)8-6-14/h2-12H,13H2,1H3,(H,26,27)/b25-12+. The molecular weight excluding hydrogens is 458 g/mol. The Bertz CT molecular complexity index is 1010.